The van der Waals surface area contributed by atoms with Gasteiger partial charge in [0.25, 0.3) is 0 Å². The smallest absolute Gasteiger partial charge is 0.317 e. The SMILES string of the molecule is O=C(O)C1CCCN(C(=O)N[C@@H]2C[C@H]2c2cccc3ccccc23)C1. The lowest BCUT2D eigenvalue weighted by Crippen LogP contribution is -2.47. The van der Waals surface area contributed by atoms with Gasteiger partial charge < -0.3 is 15.3 Å². The van der Waals surface area contributed by atoms with Crippen LogP contribution >= 0.6 is 0 Å². The van der Waals surface area contributed by atoms with E-state index in [-0.39, 0.29) is 12.1 Å². The van der Waals surface area contributed by atoms with Crippen molar-refractivity contribution >= 4 is 22.8 Å². The molecule has 2 aromatic rings. The second-order valence-electron chi connectivity index (χ2n) is 7.09. The van der Waals surface area contributed by atoms with E-state index in [0.717, 1.165) is 12.8 Å². The van der Waals surface area contributed by atoms with Gasteiger partial charge in [0.15, 0.2) is 0 Å². The van der Waals surface area contributed by atoms with E-state index in [4.69, 9.17) is 5.11 Å². The molecule has 5 heteroatoms. The van der Waals surface area contributed by atoms with Crippen molar-refractivity contribution in [2.45, 2.75) is 31.2 Å². The van der Waals surface area contributed by atoms with Gasteiger partial charge in [0.05, 0.1) is 5.92 Å². The molecule has 1 aliphatic heterocycles. The zero-order valence-corrected chi connectivity index (χ0v) is 14.0. The summed E-state index contributed by atoms with van der Waals surface area (Å²) < 4.78 is 0. The predicted molar refractivity (Wildman–Crippen MR) is 95.6 cm³/mol. The van der Waals surface area contributed by atoms with Crippen LogP contribution in [-0.2, 0) is 4.79 Å². The molecule has 3 atom stereocenters. The number of urea groups is 1. The molecule has 1 aliphatic carbocycles. The molecule has 2 N–H and O–H groups in total. The van der Waals surface area contributed by atoms with Crippen LogP contribution in [0.2, 0.25) is 0 Å². The number of carboxylic acids is 1. The van der Waals surface area contributed by atoms with Gasteiger partial charge in [-0.25, -0.2) is 4.79 Å². The van der Waals surface area contributed by atoms with E-state index >= 15 is 0 Å². The van der Waals surface area contributed by atoms with E-state index < -0.39 is 11.9 Å². The van der Waals surface area contributed by atoms with Crippen LogP contribution in [-0.4, -0.2) is 41.1 Å². The standard InChI is InChI=1S/C20H22N2O3/c23-19(24)14-7-4-10-22(12-14)20(25)21-18-11-17(18)16-9-3-6-13-5-1-2-8-15(13)16/h1-3,5-6,8-9,14,17-18H,4,7,10-12H2,(H,21,25)(H,23,24)/t14?,17-,18+/m0/s1. The van der Waals surface area contributed by atoms with Gasteiger partial charge >= 0.3 is 12.0 Å². The monoisotopic (exact) mass is 338 g/mol. The molecule has 0 bridgehead atoms. The maximum atomic E-state index is 12.5. The average Bonchev–Trinajstić information content (AvgIpc) is 3.40. The molecule has 1 heterocycles. The number of nitrogens with one attached hydrogen (secondary N) is 1. The number of carbonyl (C=O) groups excluding carboxylic acids is 1. The van der Waals surface area contributed by atoms with Gasteiger partial charge in [-0.2, -0.15) is 0 Å². The van der Waals surface area contributed by atoms with E-state index in [1.165, 1.54) is 16.3 Å². The molecule has 2 aliphatic rings. The molecular weight excluding hydrogens is 316 g/mol. The Hall–Kier alpha value is -2.56. The number of piperidine rings is 1. The molecule has 1 saturated heterocycles. The summed E-state index contributed by atoms with van der Waals surface area (Å²) in [5.41, 5.74) is 1.28. The van der Waals surface area contributed by atoms with Crippen molar-refractivity contribution in [3.05, 3.63) is 48.0 Å². The highest BCUT2D eigenvalue weighted by Gasteiger charge is 2.41. The van der Waals surface area contributed by atoms with Gasteiger partial charge in [0.1, 0.15) is 0 Å². The number of benzene rings is 2. The Kier molecular flexibility index (Phi) is 4.07. The van der Waals surface area contributed by atoms with Crippen molar-refractivity contribution in [3.8, 4) is 0 Å². The van der Waals surface area contributed by atoms with Gasteiger partial charge in [0, 0.05) is 25.0 Å². The van der Waals surface area contributed by atoms with E-state index in [1.807, 2.05) is 12.1 Å². The van der Waals surface area contributed by atoms with Gasteiger partial charge in [-0.3, -0.25) is 4.79 Å². The molecule has 1 saturated carbocycles. The minimum atomic E-state index is -0.808. The third kappa shape index (κ3) is 3.18. The highest BCUT2D eigenvalue weighted by Crippen LogP contribution is 2.43. The first-order valence-corrected chi connectivity index (χ1v) is 8.89. The Labute approximate surface area is 146 Å². The molecule has 0 aromatic heterocycles. The lowest BCUT2D eigenvalue weighted by atomic mass is 9.99. The van der Waals surface area contributed by atoms with Crippen LogP contribution in [0.4, 0.5) is 4.79 Å². The molecule has 2 aromatic carbocycles. The predicted octanol–water partition coefficient (Wildman–Crippen LogP) is 3.20. The fourth-order valence-electron chi connectivity index (χ4n) is 3.89. The van der Waals surface area contributed by atoms with Crippen LogP contribution in [0, 0.1) is 5.92 Å². The minimum absolute atomic E-state index is 0.126. The van der Waals surface area contributed by atoms with Crippen LogP contribution in [0.5, 0.6) is 0 Å². The van der Waals surface area contributed by atoms with E-state index in [2.05, 4.69) is 35.6 Å². The van der Waals surface area contributed by atoms with Gasteiger partial charge in [-0.15, -0.1) is 0 Å². The Balaban J connectivity index is 1.42. The van der Waals surface area contributed by atoms with Crippen LogP contribution in [0.1, 0.15) is 30.7 Å². The summed E-state index contributed by atoms with van der Waals surface area (Å²) in [5, 5.41) is 14.7. The molecule has 0 spiro atoms. The van der Waals surface area contributed by atoms with Gasteiger partial charge in [-0.05, 0) is 35.6 Å². The molecule has 2 fully saturated rings. The number of fused-ring (bicyclic) bond motifs is 1. The van der Waals surface area contributed by atoms with E-state index in [1.54, 1.807) is 4.90 Å². The zero-order chi connectivity index (χ0) is 17.4. The maximum Gasteiger partial charge on any atom is 0.317 e. The molecule has 130 valence electrons. The third-order valence-electron chi connectivity index (χ3n) is 5.38. The average molecular weight is 338 g/mol. The number of likely N-dealkylation sites (tertiary alicyclic amines) is 1. The number of hydrogen-bond donors (Lipinski definition) is 2. The van der Waals surface area contributed by atoms with Crippen molar-refractivity contribution in [2.75, 3.05) is 13.1 Å². The second-order valence-corrected chi connectivity index (χ2v) is 7.09. The second kappa shape index (κ2) is 6.39. The Bertz CT molecular complexity index is 814. The van der Waals surface area contributed by atoms with Crippen molar-refractivity contribution in [1.82, 2.24) is 10.2 Å². The minimum Gasteiger partial charge on any atom is -0.481 e. The molecule has 25 heavy (non-hydrogen) atoms. The van der Waals surface area contributed by atoms with Crippen molar-refractivity contribution < 1.29 is 14.7 Å². The summed E-state index contributed by atoms with van der Waals surface area (Å²) in [6.07, 6.45) is 2.35. The summed E-state index contributed by atoms with van der Waals surface area (Å²) in [6.45, 7) is 0.952. The summed E-state index contributed by atoms with van der Waals surface area (Å²) in [5.74, 6) is -0.903. The number of aliphatic carboxylic acids is 1. The molecule has 2 amide bonds. The normalized spacial score (nSPS) is 25.6. The Morgan fingerprint density at radius 1 is 1.12 bits per heavy atom. The largest absolute Gasteiger partial charge is 0.481 e. The first kappa shape index (κ1) is 15.9. The van der Waals surface area contributed by atoms with Crippen LogP contribution in [0.3, 0.4) is 0 Å². The number of rotatable bonds is 3. The highest BCUT2D eigenvalue weighted by molar-refractivity contribution is 5.87. The fraction of sp³-hybridized carbons (Fsp3) is 0.400. The summed E-state index contributed by atoms with van der Waals surface area (Å²) in [6, 6.07) is 14.6. The molecule has 1 unspecified atom stereocenters. The first-order chi connectivity index (χ1) is 12.1. The quantitative estimate of drug-likeness (QED) is 0.903. The summed E-state index contributed by atoms with van der Waals surface area (Å²) >= 11 is 0. The first-order valence-electron chi connectivity index (χ1n) is 8.89. The topological polar surface area (TPSA) is 69.6 Å². The summed E-state index contributed by atoms with van der Waals surface area (Å²) in [4.78, 5) is 25.3. The van der Waals surface area contributed by atoms with Gasteiger partial charge in [-0.1, -0.05) is 42.5 Å². The van der Waals surface area contributed by atoms with Crippen LogP contribution < -0.4 is 5.32 Å². The number of carboxylic acid groups (broad SMARTS) is 1. The number of carbonyl (C=O) groups is 2. The number of nitrogens with zero attached hydrogens (tertiary/aromatic N) is 1. The maximum absolute atomic E-state index is 12.5. The lowest BCUT2D eigenvalue weighted by molar-refractivity contribution is -0.143. The van der Waals surface area contributed by atoms with Gasteiger partial charge in [0.2, 0.25) is 0 Å². The number of hydrogen-bond acceptors (Lipinski definition) is 2. The fourth-order valence-corrected chi connectivity index (χ4v) is 3.89. The lowest BCUT2D eigenvalue weighted by Gasteiger charge is -2.30. The highest BCUT2D eigenvalue weighted by atomic mass is 16.4. The van der Waals surface area contributed by atoms with Crippen molar-refractivity contribution in [1.29, 1.82) is 0 Å². The molecule has 0 radical (unpaired) electrons. The number of amides is 2. The van der Waals surface area contributed by atoms with Crippen LogP contribution in [0.25, 0.3) is 10.8 Å². The molecular formula is C20H22N2O3. The third-order valence-corrected chi connectivity index (χ3v) is 5.38. The van der Waals surface area contributed by atoms with Crippen molar-refractivity contribution in [3.63, 3.8) is 0 Å². The van der Waals surface area contributed by atoms with Crippen LogP contribution in [0.15, 0.2) is 42.5 Å². The van der Waals surface area contributed by atoms with E-state index in [9.17, 15) is 9.59 Å². The molecule has 4 rings (SSSR count). The van der Waals surface area contributed by atoms with Crippen molar-refractivity contribution in [2.24, 2.45) is 5.92 Å². The Morgan fingerprint density at radius 3 is 2.76 bits per heavy atom. The zero-order valence-electron chi connectivity index (χ0n) is 14.0. The molecule has 5 nitrogen and oxygen atoms in total. The Morgan fingerprint density at radius 2 is 1.92 bits per heavy atom. The van der Waals surface area contributed by atoms with E-state index in [0.29, 0.717) is 25.4 Å². The summed E-state index contributed by atoms with van der Waals surface area (Å²) in [7, 11) is 0.